The van der Waals surface area contributed by atoms with Gasteiger partial charge in [-0.1, -0.05) is 0 Å². The smallest absolute Gasteiger partial charge is 0.139 e. The SMILES string of the molecule is [2H]c1cnc2ccncn12. The van der Waals surface area contributed by atoms with E-state index in [0.29, 0.717) is 6.17 Å². The number of hydrogen-bond donors (Lipinski definition) is 0. The zero-order valence-electron chi connectivity index (χ0n) is 5.65. The minimum Gasteiger partial charge on any atom is -0.290 e. The van der Waals surface area contributed by atoms with E-state index >= 15 is 0 Å². The Morgan fingerprint density at radius 2 is 2.56 bits per heavy atom. The average molecular weight is 120 g/mol. The molecule has 0 N–H and O–H groups in total. The zero-order chi connectivity index (χ0) is 6.97. The summed E-state index contributed by atoms with van der Waals surface area (Å²) in [6.07, 6.45) is 5.09. The fraction of sp³-hybridized carbons (Fsp3) is 0. The zero-order valence-corrected chi connectivity index (χ0v) is 4.65. The maximum absolute atomic E-state index is 7.30. The molecule has 3 heteroatoms. The molecule has 0 saturated carbocycles. The van der Waals surface area contributed by atoms with Crippen molar-refractivity contribution in [2.75, 3.05) is 0 Å². The van der Waals surface area contributed by atoms with Crippen molar-refractivity contribution in [2.45, 2.75) is 0 Å². The number of aromatic nitrogens is 3. The van der Waals surface area contributed by atoms with Crippen LogP contribution in [-0.4, -0.2) is 14.4 Å². The molecule has 2 rings (SSSR count). The van der Waals surface area contributed by atoms with Gasteiger partial charge in [-0.05, 0) is 6.07 Å². The number of nitrogens with zero attached hydrogens (tertiary/aromatic N) is 3. The summed E-state index contributed by atoms with van der Waals surface area (Å²) in [5.74, 6) is 0. The Morgan fingerprint density at radius 3 is 3.44 bits per heavy atom. The van der Waals surface area contributed by atoms with E-state index in [1.165, 1.54) is 6.20 Å². The highest BCUT2D eigenvalue weighted by atomic mass is 15.0. The lowest BCUT2D eigenvalue weighted by Gasteiger charge is -1.85. The van der Waals surface area contributed by atoms with Crippen LogP contribution in [0.1, 0.15) is 1.37 Å². The molecule has 2 aromatic rings. The van der Waals surface area contributed by atoms with Crippen molar-refractivity contribution >= 4 is 5.65 Å². The van der Waals surface area contributed by atoms with Gasteiger partial charge in [0.05, 0.1) is 1.37 Å². The molecule has 0 aromatic carbocycles. The minimum absolute atomic E-state index is 0.364. The Bertz CT molecular complexity index is 355. The van der Waals surface area contributed by atoms with Gasteiger partial charge in [0.2, 0.25) is 0 Å². The quantitative estimate of drug-likeness (QED) is 0.513. The fourth-order valence-electron chi connectivity index (χ4n) is 0.716. The predicted molar refractivity (Wildman–Crippen MR) is 33.0 cm³/mol. The Morgan fingerprint density at radius 1 is 1.56 bits per heavy atom. The molecule has 0 bridgehead atoms. The first-order valence-electron chi connectivity index (χ1n) is 3.11. The van der Waals surface area contributed by atoms with E-state index in [2.05, 4.69) is 9.97 Å². The standard InChI is InChI=1S/C6H5N3/c1-2-7-5-9-4-3-8-6(1)9/h1-5H/i4D. The average Bonchev–Trinajstić information content (AvgIpc) is 2.34. The van der Waals surface area contributed by atoms with Crippen LogP contribution < -0.4 is 0 Å². The largest absolute Gasteiger partial charge is 0.290 e. The summed E-state index contributed by atoms with van der Waals surface area (Å²) < 4.78 is 8.92. The van der Waals surface area contributed by atoms with Crippen molar-refractivity contribution in [1.82, 2.24) is 14.4 Å². The molecule has 0 aliphatic rings. The van der Waals surface area contributed by atoms with Gasteiger partial charge < -0.3 is 0 Å². The van der Waals surface area contributed by atoms with Gasteiger partial charge in [-0.15, -0.1) is 0 Å². The summed E-state index contributed by atoms with van der Waals surface area (Å²) >= 11 is 0. The van der Waals surface area contributed by atoms with E-state index in [0.717, 1.165) is 5.65 Å². The summed E-state index contributed by atoms with van der Waals surface area (Å²) in [6, 6.07) is 1.76. The molecule has 0 fully saturated rings. The van der Waals surface area contributed by atoms with Crippen LogP contribution in [-0.2, 0) is 0 Å². The Kier molecular flexibility index (Phi) is 0.621. The van der Waals surface area contributed by atoms with Gasteiger partial charge in [-0.2, -0.15) is 0 Å². The monoisotopic (exact) mass is 120 g/mol. The molecule has 0 aliphatic carbocycles. The van der Waals surface area contributed by atoms with Crippen LogP contribution in [0.5, 0.6) is 0 Å². The van der Waals surface area contributed by atoms with Gasteiger partial charge in [-0.3, -0.25) is 4.40 Å². The predicted octanol–water partition coefficient (Wildman–Crippen LogP) is 0.729. The van der Waals surface area contributed by atoms with Crippen LogP contribution in [0.4, 0.5) is 0 Å². The van der Waals surface area contributed by atoms with Crippen LogP contribution in [0, 0.1) is 0 Å². The molecule has 9 heavy (non-hydrogen) atoms. The molecule has 0 amide bonds. The van der Waals surface area contributed by atoms with Crippen LogP contribution in [0.3, 0.4) is 0 Å². The second-order valence-corrected chi connectivity index (χ2v) is 1.70. The van der Waals surface area contributed by atoms with E-state index < -0.39 is 0 Å². The third-order valence-corrected chi connectivity index (χ3v) is 1.13. The first-order chi connectivity index (χ1) is 4.88. The fourth-order valence-corrected chi connectivity index (χ4v) is 0.716. The second-order valence-electron chi connectivity index (χ2n) is 1.70. The molecule has 0 saturated heterocycles. The topological polar surface area (TPSA) is 30.2 Å². The van der Waals surface area contributed by atoms with Crippen molar-refractivity contribution in [3.05, 3.63) is 31.0 Å². The normalized spacial score (nSPS) is 11.8. The van der Waals surface area contributed by atoms with E-state index in [4.69, 9.17) is 1.37 Å². The first kappa shape index (κ1) is 3.61. The van der Waals surface area contributed by atoms with Crippen LogP contribution >= 0.6 is 0 Å². The Hall–Kier alpha value is -1.38. The maximum Gasteiger partial charge on any atom is 0.139 e. The lowest BCUT2D eigenvalue weighted by atomic mass is 10.6. The molecule has 0 aliphatic heterocycles. The molecule has 0 atom stereocenters. The minimum atomic E-state index is 0.364. The molecule has 44 valence electrons. The summed E-state index contributed by atoms with van der Waals surface area (Å²) in [5.41, 5.74) is 0.764. The van der Waals surface area contributed by atoms with Crippen LogP contribution in [0.25, 0.3) is 5.65 Å². The molecule has 2 heterocycles. The highest BCUT2D eigenvalue weighted by molar-refractivity contribution is 5.34. The molecule has 0 spiro atoms. The van der Waals surface area contributed by atoms with Crippen LogP contribution in [0.2, 0.25) is 0 Å². The van der Waals surface area contributed by atoms with Gasteiger partial charge in [0.15, 0.2) is 0 Å². The summed E-state index contributed by atoms with van der Waals surface area (Å²) in [5, 5.41) is 0. The van der Waals surface area contributed by atoms with Crippen molar-refractivity contribution < 1.29 is 1.37 Å². The van der Waals surface area contributed by atoms with Crippen molar-refractivity contribution in [3.63, 3.8) is 0 Å². The van der Waals surface area contributed by atoms with Gasteiger partial charge in [0, 0.05) is 18.6 Å². The van der Waals surface area contributed by atoms with E-state index in [9.17, 15) is 0 Å². The molecule has 0 unspecified atom stereocenters. The number of rotatable bonds is 0. The van der Waals surface area contributed by atoms with Crippen molar-refractivity contribution in [1.29, 1.82) is 0 Å². The molecule has 3 nitrogen and oxygen atoms in total. The van der Waals surface area contributed by atoms with E-state index in [-0.39, 0.29) is 0 Å². The number of hydrogen-bond acceptors (Lipinski definition) is 2. The Labute approximate surface area is 53.4 Å². The first-order valence-corrected chi connectivity index (χ1v) is 2.61. The lowest BCUT2D eigenvalue weighted by molar-refractivity contribution is 1.09. The number of imidazole rings is 1. The van der Waals surface area contributed by atoms with E-state index in [1.54, 1.807) is 23.0 Å². The molecule has 2 aromatic heterocycles. The third-order valence-electron chi connectivity index (χ3n) is 1.13. The maximum atomic E-state index is 7.30. The summed E-state index contributed by atoms with van der Waals surface area (Å²) in [4.78, 5) is 7.80. The summed E-state index contributed by atoms with van der Waals surface area (Å²) in [7, 11) is 0. The third kappa shape index (κ3) is 0.579. The van der Waals surface area contributed by atoms with E-state index in [1.807, 2.05) is 0 Å². The van der Waals surface area contributed by atoms with Gasteiger partial charge in [0.1, 0.15) is 12.0 Å². The summed E-state index contributed by atoms with van der Waals surface area (Å²) in [6.45, 7) is 0. The highest BCUT2D eigenvalue weighted by Gasteiger charge is 1.86. The van der Waals surface area contributed by atoms with Crippen LogP contribution in [0.15, 0.2) is 31.0 Å². The van der Waals surface area contributed by atoms with Crippen molar-refractivity contribution in [3.8, 4) is 0 Å². The Balaban J connectivity index is 2.93. The van der Waals surface area contributed by atoms with Crippen molar-refractivity contribution in [2.24, 2.45) is 0 Å². The van der Waals surface area contributed by atoms with Gasteiger partial charge >= 0.3 is 0 Å². The van der Waals surface area contributed by atoms with Gasteiger partial charge in [0.25, 0.3) is 0 Å². The molecular weight excluding hydrogens is 114 g/mol. The molecular formula is C6H5N3. The van der Waals surface area contributed by atoms with Gasteiger partial charge in [-0.25, -0.2) is 9.97 Å². The second kappa shape index (κ2) is 1.55. The highest BCUT2D eigenvalue weighted by Crippen LogP contribution is 1.94. The lowest BCUT2D eigenvalue weighted by Crippen LogP contribution is -1.81. The molecule has 0 radical (unpaired) electrons. The number of fused-ring (bicyclic) bond motifs is 1.